The fourth-order valence-corrected chi connectivity index (χ4v) is 1.01. The van der Waals surface area contributed by atoms with Crippen LogP contribution in [0.4, 0.5) is 10.1 Å². The van der Waals surface area contributed by atoms with Crippen molar-refractivity contribution in [1.29, 1.82) is 0 Å². The lowest BCUT2D eigenvalue weighted by Gasteiger charge is -2.11. The third-order valence-corrected chi connectivity index (χ3v) is 1.58. The second kappa shape index (κ2) is 4.12. The molecule has 0 heterocycles. The van der Waals surface area contributed by atoms with Crippen LogP contribution in [0.3, 0.4) is 0 Å². The first-order valence-corrected chi connectivity index (χ1v) is 4.27. The van der Waals surface area contributed by atoms with Crippen LogP contribution in [0.15, 0.2) is 18.2 Å². The zero-order valence-corrected chi connectivity index (χ0v) is 8.10. The van der Waals surface area contributed by atoms with Crippen LogP contribution in [-0.4, -0.2) is 13.2 Å². The standard InChI is InChI=1S/C10H14FNO/c1-7(2)13-10-5-4-8(12-3)6-9(10)11/h4-7,12H,1-3H3. The van der Waals surface area contributed by atoms with Gasteiger partial charge >= 0.3 is 0 Å². The van der Waals surface area contributed by atoms with Gasteiger partial charge in [0.2, 0.25) is 0 Å². The maximum absolute atomic E-state index is 13.2. The van der Waals surface area contributed by atoms with Gasteiger partial charge in [0.15, 0.2) is 11.6 Å². The Kier molecular flexibility index (Phi) is 3.12. The highest BCUT2D eigenvalue weighted by Crippen LogP contribution is 2.21. The monoisotopic (exact) mass is 183 g/mol. The summed E-state index contributed by atoms with van der Waals surface area (Å²) in [5.74, 6) is -0.0328. The van der Waals surface area contributed by atoms with E-state index in [2.05, 4.69) is 5.32 Å². The van der Waals surface area contributed by atoms with Crippen LogP contribution in [0.2, 0.25) is 0 Å². The number of hydrogen-bond acceptors (Lipinski definition) is 2. The summed E-state index contributed by atoms with van der Waals surface area (Å²) in [5, 5.41) is 2.85. The van der Waals surface area contributed by atoms with Crippen molar-refractivity contribution < 1.29 is 9.13 Å². The van der Waals surface area contributed by atoms with Gasteiger partial charge in [0.05, 0.1) is 6.10 Å². The summed E-state index contributed by atoms with van der Waals surface area (Å²) in [6.45, 7) is 3.73. The van der Waals surface area contributed by atoms with E-state index in [0.29, 0.717) is 5.75 Å². The average Bonchev–Trinajstić information content (AvgIpc) is 2.08. The predicted molar refractivity (Wildman–Crippen MR) is 51.7 cm³/mol. The van der Waals surface area contributed by atoms with E-state index in [1.807, 2.05) is 13.8 Å². The lowest BCUT2D eigenvalue weighted by molar-refractivity contribution is 0.231. The Labute approximate surface area is 77.7 Å². The molecule has 1 N–H and O–H groups in total. The van der Waals surface area contributed by atoms with Crippen LogP contribution >= 0.6 is 0 Å². The first-order chi connectivity index (χ1) is 6.13. The number of halogens is 1. The Bertz CT molecular complexity index is 286. The molecule has 3 heteroatoms. The second-order valence-electron chi connectivity index (χ2n) is 3.06. The highest BCUT2D eigenvalue weighted by Gasteiger charge is 2.05. The highest BCUT2D eigenvalue weighted by atomic mass is 19.1. The minimum Gasteiger partial charge on any atom is -0.488 e. The van der Waals surface area contributed by atoms with E-state index in [4.69, 9.17) is 4.74 Å². The quantitative estimate of drug-likeness (QED) is 0.777. The number of nitrogens with one attached hydrogen (secondary N) is 1. The van der Waals surface area contributed by atoms with Gasteiger partial charge in [-0.05, 0) is 26.0 Å². The molecule has 0 aliphatic carbocycles. The molecule has 0 saturated heterocycles. The van der Waals surface area contributed by atoms with Crippen molar-refractivity contribution in [3.63, 3.8) is 0 Å². The lowest BCUT2D eigenvalue weighted by atomic mass is 10.3. The molecule has 0 bridgehead atoms. The maximum Gasteiger partial charge on any atom is 0.167 e. The largest absolute Gasteiger partial charge is 0.488 e. The summed E-state index contributed by atoms with van der Waals surface area (Å²) in [6.07, 6.45) is -0.00469. The van der Waals surface area contributed by atoms with Gasteiger partial charge in [-0.3, -0.25) is 0 Å². The molecule has 0 amide bonds. The van der Waals surface area contributed by atoms with E-state index in [-0.39, 0.29) is 11.9 Å². The molecule has 0 fully saturated rings. The van der Waals surface area contributed by atoms with Gasteiger partial charge in [-0.25, -0.2) is 4.39 Å². The molecule has 1 rings (SSSR count). The van der Waals surface area contributed by atoms with Crippen molar-refractivity contribution in [2.45, 2.75) is 20.0 Å². The van der Waals surface area contributed by atoms with Gasteiger partial charge in [-0.15, -0.1) is 0 Å². The van der Waals surface area contributed by atoms with E-state index in [9.17, 15) is 4.39 Å². The molecule has 0 spiro atoms. The summed E-state index contributed by atoms with van der Waals surface area (Å²) in [4.78, 5) is 0. The second-order valence-corrected chi connectivity index (χ2v) is 3.06. The van der Waals surface area contributed by atoms with Crippen LogP contribution in [0, 0.1) is 5.82 Å². The fraction of sp³-hybridized carbons (Fsp3) is 0.400. The minimum atomic E-state index is -0.333. The first-order valence-electron chi connectivity index (χ1n) is 4.27. The van der Waals surface area contributed by atoms with Crippen molar-refractivity contribution in [3.05, 3.63) is 24.0 Å². The molecular weight excluding hydrogens is 169 g/mol. The molecule has 13 heavy (non-hydrogen) atoms. The molecule has 0 aliphatic rings. The minimum absolute atomic E-state index is 0.00469. The zero-order chi connectivity index (χ0) is 9.84. The molecular formula is C10H14FNO. The molecule has 0 aliphatic heterocycles. The van der Waals surface area contributed by atoms with E-state index < -0.39 is 0 Å². The van der Waals surface area contributed by atoms with Gasteiger partial charge in [-0.1, -0.05) is 0 Å². The third kappa shape index (κ3) is 2.61. The summed E-state index contributed by atoms with van der Waals surface area (Å²) in [6, 6.07) is 4.82. The van der Waals surface area contributed by atoms with Gasteiger partial charge in [0, 0.05) is 18.8 Å². The summed E-state index contributed by atoms with van der Waals surface area (Å²) in [5.41, 5.74) is 0.744. The Hall–Kier alpha value is -1.25. The van der Waals surface area contributed by atoms with Crippen molar-refractivity contribution in [2.75, 3.05) is 12.4 Å². The number of benzene rings is 1. The molecule has 2 nitrogen and oxygen atoms in total. The van der Waals surface area contributed by atoms with E-state index in [1.54, 1.807) is 19.2 Å². The van der Waals surface area contributed by atoms with E-state index >= 15 is 0 Å². The lowest BCUT2D eigenvalue weighted by Crippen LogP contribution is -2.07. The third-order valence-electron chi connectivity index (χ3n) is 1.58. The van der Waals surface area contributed by atoms with Crippen molar-refractivity contribution >= 4 is 5.69 Å². The van der Waals surface area contributed by atoms with Gasteiger partial charge in [0.25, 0.3) is 0 Å². The molecule has 0 atom stereocenters. The van der Waals surface area contributed by atoms with Crippen molar-refractivity contribution in [3.8, 4) is 5.75 Å². The van der Waals surface area contributed by atoms with E-state index in [1.165, 1.54) is 6.07 Å². The molecule has 1 aromatic carbocycles. The zero-order valence-electron chi connectivity index (χ0n) is 8.10. The Morgan fingerprint density at radius 1 is 1.38 bits per heavy atom. The number of anilines is 1. The molecule has 0 radical (unpaired) electrons. The maximum atomic E-state index is 13.2. The summed E-state index contributed by atoms with van der Waals surface area (Å²) in [7, 11) is 1.75. The van der Waals surface area contributed by atoms with Crippen LogP contribution in [0.25, 0.3) is 0 Å². The molecule has 0 aromatic heterocycles. The smallest absolute Gasteiger partial charge is 0.167 e. The van der Waals surface area contributed by atoms with Gasteiger partial charge < -0.3 is 10.1 Å². The van der Waals surface area contributed by atoms with E-state index in [0.717, 1.165) is 5.69 Å². The molecule has 72 valence electrons. The SMILES string of the molecule is CNc1ccc(OC(C)C)c(F)c1. The van der Waals surface area contributed by atoms with Crippen LogP contribution in [0.5, 0.6) is 5.75 Å². The topological polar surface area (TPSA) is 21.3 Å². The number of ether oxygens (including phenoxy) is 1. The van der Waals surface area contributed by atoms with Crippen LogP contribution in [-0.2, 0) is 0 Å². The highest BCUT2D eigenvalue weighted by molar-refractivity contribution is 5.46. The summed E-state index contributed by atoms with van der Waals surface area (Å²) < 4.78 is 18.5. The fourth-order valence-electron chi connectivity index (χ4n) is 1.01. The van der Waals surface area contributed by atoms with Gasteiger partial charge in [0.1, 0.15) is 0 Å². The summed E-state index contributed by atoms with van der Waals surface area (Å²) >= 11 is 0. The Morgan fingerprint density at radius 2 is 2.08 bits per heavy atom. The average molecular weight is 183 g/mol. The molecule has 0 saturated carbocycles. The van der Waals surface area contributed by atoms with Crippen LogP contribution < -0.4 is 10.1 Å². The Morgan fingerprint density at radius 3 is 2.54 bits per heavy atom. The number of hydrogen-bond donors (Lipinski definition) is 1. The molecule has 0 unspecified atom stereocenters. The normalized spacial score (nSPS) is 10.2. The predicted octanol–water partition coefficient (Wildman–Crippen LogP) is 2.65. The van der Waals surface area contributed by atoms with Crippen molar-refractivity contribution in [1.82, 2.24) is 0 Å². The first kappa shape index (κ1) is 9.84. The molecule has 1 aromatic rings. The van der Waals surface area contributed by atoms with Gasteiger partial charge in [-0.2, -0.15) is 0 Å². The van der Waals surface area contributed by atoms with Crippen molar-refractivity contribution in [2.24, 2.45) is 0 Å². The van der Waals surface area contributed by atoms with Crippen LogP contribution in [0.1, 0.15) is 13.8 Å². The number of rotatable bonds is 3. The Balaban J connectivity index is 2.85.